The first kappa shape index (κ1) is 21.4. The first-order chi connectivity index (χ1) is 12.6. The van der Waals surface area contributed by atoms with Crippen LogP contribution in [0.4, 0.5) is 0 Å². The Kier molecular flexibility index (Phi) is 7.04. The third kappa shape index (κ3) is 5.80. The maximum absolute atomic E-state index is 12.4. The summed E-state index contributed by atoms with van der Waals surface area (Å²) in [6.07, 6.45) is 7.17. The molecule has 0 spiro atoms. The van der Waals surface area contributed by atoms with Gasteiger partial charge in [-0.25, -0.2) is 4.79 Å². The van der Waals surface area contributed by atoms with Crippen molar-refractivity contribution in [3.63, 3.8) is 0 Å². The van der Waals surface area contributed by atoms with Gasteiger partial charge in [-0.15, -0.1) is 0 Å². The van der Waals surface area contributed by atoms with Crippen molar-refractivity contribution in [2.75, 3.05) is 0 Å². The zero-order valence-corrected chi connectivity index (χ0v) is 16.9. The third-order valence-corrected chi connectivity index (χ3v) is 5.58. The van der Waals surface area contributed by atoms with Gasteiger partial charge in [-0.3, -0.25) is 4.79 Å². The molecule has 0 radical (unpaired) electrons. The molecule has 27 heavy (non-hydrogen) atoms. The number of aliphatic hydroxyl groups is 1. The Balaban J connectivity index is 2.38. The fourth-order valence-electron chi connectivity index (χ4n) is 3.83. The van der Waals surface area contributed by atoms with Gasteiger partial charge in [-0.2, -0.15) is 0 Å². The molecule has 1 N–H and O–H groups in total. The lowest BCUT2D eigenvalue weighted by atomic mass is 9.78. The van der Waals surface area contributed by atoms with Crippen LogP contribution in [0.2, 0.25) is 0 Å². The summed E-state index contributed by atoms with van der Waals surface area (Å²) < 4.78 is 11.1. The molecular weight excluding hydrogens is 344 g/mol. The molecule has 0 amide bonds. The molecule has 1 fully saturated rings. The predicted octanol–water partition coefficient (Wildman–Crippen LogP) is 4.01. The molecule has 1 heterocycles. The molecule has 150 valence electrons. The Morgan fingerprint density at radius 3 is 2.63 bits per heavy atom. The van der Waals surface area contributed by atoms with E-state index in [-0.39, 0.29) is 11.9 Å². The summed E-state index contributed by atoms with van der Waals surface area (Å²) in [7, 11) is 0. The van der Waals surface area contributed by atoms with Gasteiger partial charge < -0.3 is 14.6 Å². The number of allylic oxidation sites excluding steroid dienone is 3. The largest absolute Gasteiger partial charge is 0.462 e. The Bertz CT molecular complexity index is 656. The zero-order valence-electron chi connectivity index (χ0n) is 16.9. The normalized spacial score (nSPS) is 37.1. The van der Waals surface area contributed by atoms with Crippen molar-refractivity contribution in [1.82, 2.24) is 0 Å². The molecule has 4 atom stereocenters. The van der Waals surface area contributed by atoms with Crippen LogP contribution < -0.4 is 0 Å². The maximum atomic E-state index is 12.4. The van der Waals surface area contributed by atoms with Crippen molar-refractivity contribution in [2.24, 2.45) is 5.92 Å². The molecule has 0 aromatic carbocycles. The Morgan fingerprint density at radius 1 is 1.30 bits per heavy atom. The Labute approximate surface area is 162 Å². The van der Waals surface area contributed by atoms with Gasteiger partial charge >= 0.3 is 11.9 Å². The maximum Gasteiger partial charge on any atom is 0.334 e. The van der Waals surface area contributed by atoms with Gasteiger partial charge in [0.25, 0.3) is 0 Å². The van der Waals surface area contributed by atoms with Gasteiger partial charge in [0.05, 0.1) is 5.60 Å². The van der Waals surface area contributed by atoms with Crippen LogP contribution in [0.5, 0.6) is 0 Å². The summed E-state index contributed by atoms with van der Waals surface area (Å²) in [5, 5.41) is 11.0. The molecule has 1 aliphatic heterocycles. The molecule has 0 saturated carbocycles. The average Bonchev–Trinajstić information content (AvgIpc) is 2.55. The summed E-state index contributed by atoms with van der Waals surface area (Å²) >= 11 is 0. The molecule has 5 heteroatoms. The SMILES string of the molecule is C=C1C(=O)OC2CC1C(OC(C)=O)C/C(C)=C/CC/C(C)=C/CC[C@]2(C)O. The minimum Gasteiger partial charge on any atom is -0.462 e. The molecule has 0 aromatic rings. The Morgan fingerprint density at radius 2 is 1.96 bits per heavy atom. The first-order valence-electron chi connectivity index (χ1n) is 9.70. The van der Waals surface area contributed by atoms with Crippen molar-refractivity contribution >= 4 is 11.9 Å². The standard InChI is InChI=1S/C22H32O5/c1-14-8-6-9-15(2)12-19(26-17(4)23)18-13-20(27-21(24)16(18)3)22(5,25)11-7-10-14/h9-10,18-20,25H,3,6-8,11-13H2,1-2,4-5H3/b14-10+,15-9+/t18?,19?,20?,22-/m0/s1. The highest BCUT2D eigenvalue weighted by Gasteiger charge is 2.45. The number of carbonyl (C=O) groups is 2. The summed E-state index contributed by atoms with van der Waals surface area (Å²) in [5.41, 5.74) is 1.54. The van der Waals surface area contributed by atoms with Gasteiger partial charge in [-0.05, 0) is 52.9 Å². The molecule has 5 nitrogen and oxygen atoms in total. The molecule has 2 bridgehead atoms. The second-order valence-electron chi connectivity index (χ2n) is 8.15. The van der Waals surface area contributed by atoms with E-state index in [4.69, 9.17) is 9.47 Å². The van der Waals surface area contributed by atoms with Crippen molar-refractivity contribution < 1.29 is 24.2 Å². The number of ether oxygens (including phenoxy) is 2. The summed E-state index contributed by atoms with van der Waals surface area (Å²) in [5.74, 6) is -1.27. The summed E-state index contributed by atoms with van der Waals surface area (Å²) in [6, 6.07) is 0. The molecule has 2 aliphatic rings. The van der Waals surface area contributed by atoms with Crippen LogP contribution in [0.3, 0.4) is 0 Å². The lowest BCUT2D eigenvalue weighted by molar-refractivity contribution is -0.174. The molecule has 1 aliphatic carbocycles. The van der Waals surface area contributed by atoms with Gasteiger partial charge in [0.2, 0.25) is 0 Å². The smallest absolute Gasteiger partial charge is 0.334 e. The van der Waals surface area contributed by atoms with E-state index < -0.39 is 23.8 Å². The van der Waals surface area contributed by atoms with Crippen LogP contribution in [0, 0.1) is 5.92 Å². The van der Waals surface area contributed by atoms with Gasteiger partial charge in [0.15, 0.2) is 0 Å². The summed E-state index contributed by atoms with van der Waals surface area (Å²) in [6.45, 7) is 11.1. The highest BCUT2D eigenvalue weighted by Crippen LogP contribution is 2.37. The van der Waals surface area contributed by atoms with Gasteiger partial charge in [-0.1, -0.05) is 29.9 Å². The van der Waals surface area contributed by atoms with Crippen molar-refractivity contribution in [2.45, 2.75) is 84.0 Å². The molecule has 3 unspecified atom stereocenters. The fraction of sp³-hybridized carbons (Fsp3) is 0.636. The minimum absolute atomic E-state index is 0.309. The van der Waals surface area contributed by atoms with E-state index >= 15 is 0 Å². The van der Waals surface area contributed by atoms with Crippen LogP contribution in [-0.4, -0.2) is 34.9 Å². The number of fused-ring (bicyclic) bond motifs is 2. The van der Waals surface area contributed by atoms with Gasteiger partial charge in [0, 0.05) is 24.8 Å². The van der Waals surface area contributed by atoms with Crippen LogP contribution in [0.1, 0.15) is 66.2 Å². The van der Waals surface area contributed by atoms with E-state index in [9.17, 15) is 14.7 Å². The molecular formula is C22H32O5. The number of hydrogen-bond acceptors (Lipinski definition) is 5. The van der Waals surface area contributed by atoms with E-state index in [1.54, 1.807) is 6.92 Å². The number of esters is 2. The topological polar surface area (TPSA) is 72.8 Å². The average molecular weight is 376 g/mol. The highest BCUT2D eigenvalue weighted by atomic mass is 16.6. The fourth-order valence-corrected chi connectivity index (χ4v) is 3.83. The minimum atomic E-state index is -1.15. The predicted molar refractivity (Wildman–Crippen MR) is 104 cm³/mol. The van der Waals surface area contributed by atoms with Crippen molar-refractivity contribution in [3.8, 4) is 0 Å². The highest BCUT2D eigenvalue weighted by molar-refractivity contribution is 5.89. The van der Waals surface area contributed by atoms with E-state index in [2.05, 4.69) is 25.7 Å². The first-order valence-corrected chi connectivity index (χ1v) is 9.70. The lowest BCUT2D eigenvalue weighted by Crippen LogP contribution is -2.49. The van der Waals surface area contributed by atoms with Crippen LogP contribution in [-0.2, 0) is 19.1 Å². The monoisotopic (exact) mass is 376 g/mol. The van der Waals surface area contributed by atoms with E-state index in [1.807, 2.05) is 6.92 Å². The van der Waals surface area contributed by atoms with E-state index in [1.165, 1.54) is 12.5 Å². The molecule has 0 aromatic heterocycles. The number of rotatable bonds is 1. The van der Waals surface area contributed by atoms with Crippen molar-refractivity contribution in [1.29, 1.82) is 0 Å². The second-order valence-corrected chi connectivity index (χ2v) is 8.15. The van der Waals surface area contributed by atoms with E-state index in [0.717, 1.165) is 18.4 Å². The number of hydrogen-bond donors (Lipinski definition) is 1. The molecule has 1 saturated heterocycles. The van der Waals surface area contributed by atoms with Crippen LogP contribution in [0.15, 0.2) is 35.5 Å². The third-order valence-electron chi connectivity index (χ3n) is 5.58. The second kappa shape index (κ2) is 8.87. The summed E-state index contributed by atoms with van der Waals surface area (Å²) in [4.78, 5) is 24.1. The lowest BCUT2D eigenvalue weighted by Gasteiger charge is -2.40. The molecule has 2 rings (SSSR count). The number of carbonyl (C=O) groups excluding carboxylic acids is 2. The van der Waals surface area contributed by atoms with Crippen LogP contribution in [0.25, 0.3) is 0 Å². The quantitative estimate of drug-likeness (QED) is 0.425. The van der Waals surface area contributed by atoms with E-state index in [0.29, 0.717) is 31.3 Å². The Hall–Kier alpha value is -1.88. The zero-order chi connectivity index (χ0) is 20.2. The van der Waals surface area contributed by atoms with Gasteiger partial charge in [0.1, 0.15) is 12.2 Å². The van der Waals surface area contributed by atoms with Crippen molar-refractivity contribution in [3.05, 3.63) is 35.5 Å². The van der Waals surface area contributed by atoms with Crippen LogP contribution >= 0.6 is 0 Å².